The van der Waals surface area contributed by atoms with Gasteiger partial charge < -0.3 is 4.98 Å². The zero-order chi connectivity index (χ0) is 10.3. The summed E-state index contributed by atoms with van der Waals surface area (Å²) in [5.74, 6) is 0. The maximum atomic E-state index is 11.8. The monoisotopic (exact) mass is 258 g/mol. The topological polar surface area (TPSA) is 32.9 Å². The van der Waals surface area contributed by atoms with Crippen molar-refractivity contribution in [3.8, 4) is 0 Å². The van der Waals surface area contributed by atoms with Gasteiger partial charge in [-0.25, -0.2) is 0 Å². The first-order valence-corrected chi connectivity index (χ1v) is 4.85. The van der Waals surface area contributed by atoms with Crippen LogP contribution in [0.15, 0.2) is 53.5 Å². The molecule has 2 aromatic carbocycles. The standard InChI is InChI=1S/C13H9NO.Cu/c15-11-5-1-3-9-6-7-10-4-2-8-14-13(10)12(9)11;/h1-8,14H;. The molecule has 0 amide bonds. The molecule has 3 heteroatoms. The molecule has 3 aromatic rings. The van der Waals surface area contributed by atoms with Gasteiger partial charge in [0.15, 0.2) is 5.43 Å². The van der Waals surface area contributed by atoms with Gasteiger partial charge >= 0.3 is 0 Å². The molecule has 0 saturated carbocycles. The van der Waals surface area contributed by atoms with Crippen LogP contribution >= 0.6 is 0 Å². The van der Waals surface area contributed by atoms with E-state index in [9.17, 15) is 4.79 Å². The molecule has 1 radical (unpaired) electrons. The van der Waals surface area contributed by atoms with Gasteiger partial charge in [0, 0.05) is 23.3 Å². The van der Waals surface area contributed by atoms with Crippen LogP contribution < -0.4 is 5.43 Å². The van der Waals surface area contributed by atoms with Crippen LogP contribution in [-0.4, -0.2) is 4.98 Å². The van der Waals surface area contributed by atoms with Crippen LogP contribution in [0.4, 0.5) is 0 Å². The Bertz CT molecular complexity index is 703. The molecule has 83 valence electrons. The van der Waals surface area contributed by atoms with E-state index >= 15 is 0 Å². The molecule has 16 heavy (non-hydrogen) atoms. The van der Waals surface area contributed by atoms with E-state index in [1.165, 1.54) is 0 Å². The third-order valence-electron chi connectivity index (χ3n) is 2.64. The van der Waals surface area contributed by atoms with Crippen molar-refractivity contribution in [3.05, 3.63) is 58.9 Å². The minimum atomic E-state index is 0. The molecule has 0 aliphatic carbocycles. The fourth-order valence-electron chi connectivity index (χ4n) is 1.94. The van der Waals surface area contributed by atoms with E-state index in [-0.39, 0.29) is 22.5 Å². The number of H-pyrrole nitrogens is 1. The Morgan fingerprint density at radius 2 is 1.62 bits per heavy atom. The maximum absolute atomic E-state index is 11.8. The predicted molar refractivity (Wildman–Crippen MR) is 62.1 cm³/mol. The van der Waals surface area contributed by atoms with Crippen LogP contribution in [0.25, 0.3) is 21.7 Å². The van der Waals surface area contributed by atoms with Crippen molar-refractivity contribution in [2.75, 3.05) is 0 Å². The second-order valence-electron chi connectivity index (χ2n) is 3.55. The first kappa shape index (κ1) is 10.9. The Balaban J connectivity index is 0.000000963. The van der Waals surface area contributed by atoms with E-state index in [0.717, 1.165) is 21.7 Å². The SMILES string of the molecule is O=c1cccc2ccc3ccc[nH]c3c12.[Cu]. The molecule has 1 aromatic heterocycles. The molecule has 0 bridgehead atoms. The number of benzene rings is 2. The number of nitrogens with one attached hydrogen (secondary N) is 1. The number of pyridine rings is 1. The van der Waals surface area contributed by atoms with Gasteiger partial charge in [0.1, 0.15) is 0 Å². The van der Waals surface area contributed by atoms with Crippen LogP contribution in [0.2, 0.25) is 0 Å². The molecular formula is C13H9CuNO. The van der Waals surface area contributed by atoms with Crippen molar-refractivity contribution in [1.82, 2.24) is 4.98 Å². The molecule has 1 heterocycles. The van der Waals surface area contributed by atoms with Gasteiger partial charge in [0.05, 0.1) is 10.9 Å². The maximum Gasteiger partial charge on any atom is 0.188 e. The molecule has 0 unspecified atom stereocenters. The van der Waals surface area contributed by atoms with Gasteiger partial charge in [-0.1, -0.05) is 30.3 Å². The summed E-state index contributed by atoms with van der Waals surface area (Å²) < 4.78 is 0. The number of fused-ring (bicyclic) bond motifs is 3. The van der Waals surface area contributed by atoms with Gasteiger partial charge in [-0.3, -0.25) is 4.79 Å². The second kappa shape index (κ2) is 4.12. The van der Waals surface area contributed by atoms with Gasteiger partial charge in [0.25, 0.3) is 0 Å². The summed E-state index contributed by atoms with van der Waals surface area (Å²) >= 11 is 0. The second-order valence-corrected chi connectivity index (χ2v) is 3.55. The van der Waals surface area contributed by atoms with Gasteiger partial charge in [-0.15, -0.1) is 0 Å². The molecule has 0 aliphatic rings. The van der Waals surface area contributed by atoms with E-state index in [2.05, 4.69) is 4.98 Å². The van der Waals surface area contributed by atoms with E-state index in [0.29, 0.717) is 0 Å². The van der Waals surface area contributed by atoms with Crippen molar-refractivity contribution in [2.45, 2.75) is 0 Å². The van der Waals surface area contributed by atoms with E-state index in [1.807, 2.05) is 36.5 Å². The van der Waals surface area contributed by atoms with Gasteiger partial charge in [-0.05, 0) is 22.9 Å². The largest absolute Gasteiger partial charge is 0.361 e. The first-order chi connectivity index (χ1) is 7.36. The Morgan fingerprint density at radius 1 is 0.875 bits per heavy atom. The summed E-state index contributed by atoms with van der Waals surface area (Å²) in [6, 6.07) is 13.3. The number of aromatic amines is 1. The number of hydrogen-bond acceptors (Lipinski definition) is 1. The summed E-state index contributed by atoms with van der Waals surface area (Å²) in [6.45, 7) is 0. The predicted octanol–water partition coefficient (Wildman–Crippen LogP) is 2.68. The summed E-state index contributed by atoms with van der Waals surface area (Å²) in [4.78, 5) is 14.9. The van der Waals surface area contributed by atoms with Gasteiger partial charge in [0.2, 0.25) is 0 Å². The molecular weight excluding hydrogens is 250 g/mol. The van der Waals surface area contributed by atoms with Crippen molar-refractivity contribution >= 4 is 21.7 Å². The van der Waals surface area contributed by atoms with Crippen molar-refractivity contribution < 1.29 is 17.1 Å². The number of aromatic nitrogens is 1. The zero-order valence-corrected chi connectivity index (χ0v) is 9.27. The van der Waals surface area contributed by atoms with Crippen molar-refractivity contribution in [3.63, 3.8) is 0 Å². The fourth-order valence-corrected chi connectivity index (χ4v) is 1.94. The minimum Gasteiger partial charge on any atom is -0.361 e. The quantitative estimate of drug-likeness (QED) is 0.488. The molecule has 0 atom stereocenters. The summed E-state index contributed by atoms with van der Waals surface area (Å²) in [5, 5.41) is 2.82. The first-order valence-electron chi connectivity index (χ1n) is 4.85. The van der Waals surface area contributed by atoms with Crippen LogP contribution in [0, 0.1) is 0 Å². The zero-order valence-electron chi connectivity index (χ0n) is 8.33. The van der Waals surface area contributed by atoms with Crippen LogP contribution in [0.3, 0.4) is 0 Å². The Hall–Kier alpha value is -1.57. The Labute approximate surface area is 103 Å². The van der Waals surface area contributed by atoms with Crippen molar-refractivity contribution in [1.29, 1.82) is 0 Å². The van der Waals surface area contributed by atoms with E-state index in [4.69, 9.17) is 0 Å². The molecule has 0 saturated heterocycles. The Kier molecular flexibility index (Phi) is 2.82. The van der Waals surface area contributed by atoms with Gasteiger partial charge in [-0.2, -0.15) is 0 Å². The molecule has 0 spiro atoms. The van der Waals surface area contributed by atoms with E-state index < -0.39 is 0 Å². The molecule has 0 aliphatic heterocycles. The molecule has 0 fully saturated rings. The third-order valence-corrected chi connectivity index (χ3v) is 2.64. The Morgan fingerprint density at radius 3 is 2.50 bits per heavy atom. The summed E-state index contributed by atoms with van der Waals surface area (Å²) in [5.41, 5.74) is 0.987. The number of hydrogen-bond donors (Lipinski definition) is 1. The average Bonchev–Trinajstić information content (AvgIpc) is 2.29. The normalized spacial score (nSPS) is 10.2. The van der Waals surface area contributed by atoms with Crippen LogP contribution in [0.5, 0.6) is 0 Å². The smallest absolute Gasteiger partial charge is 0.188 e. The van der Waals surface area contributed by atoms with Crippen LogP contribution in [-0.2, 0) is 17.1 Å². The molecule has 2 nitrogen and oxygen atoms in total. The van der Waals surface area contributed by atoms with E-state index in [1.54, 1.807) is 12.1 Å². The van der Waals surface area contributed by atoms with Crippen LogP contribution in [0.1, 0.15) is 0 Å². The molecule has 1 N–H and O–H groups in total. The summed E-state index contributed by atoms with van der Waals surface area (Å²) in [7, 11) is 0. The van der Waals surface area contributed by atoms with Crippen molar-refractivity contribution in [2.24, 2.45) is 0 Å². The summed E-state index contributed by atoms with van der Waals surface area (Å²) in [6.07, 6.45) is 1.84. The average molecular weight is 259 g/mol. The number of rotatable bonds is 0. The fraction of sp³-hybridized carbons (Fsp3) is 0. The minimum absolute atomic E-state index is 0. The molecule has 3 rings (SSSR count). The third kappa shape index (κ3) is 1.54.